The van der Waals surface area contributed by atoms with Gasteiger partial charge in [-0.05, 0) is 98.4 Å². The summed E-state index contributed by atoms with van der Waals surface area (Å²) >= 11 is 0. The minimum absolute atomic E-state index is 0.137. The number of aliphatic hydroxyl groups is 1. The molecule has 4 nitrogen and oxygen atoms in total. The Morgan fingerprint density at radius 1 is 1.03 bits per heavy atom. The monoisotopic (exact) mass is 453 g/mol. The Labute approximate surface area is 199 Å². The number of hydrogen-bond acceptors (Lipinski definition) is 3. The highest BCUT2D eigenvalue weighted by Gasteiger charge is 2.57. The second kappa shape index (κ2) is 9.34. The topological polar surface area (TPSA) is 58.6 Å². The predicted molar refractivity (Wildman–Crippen MR) is 130 cm³/mol. The zero-order valence-electron chi connectivity index (χ0n) is 20.6. The van der Waals surface area contributed by atoms with E-state index in [1.165, 1.54) is 44.1 Å². The van der Waals surface area contributed by atoms with Gasteiger partial charge in [0.1, 0.15) is 0 Å². The van der Waals surface area contributed by atoms with Gasteiger partial charge >= 0.3 is 0 Å². The number of ether oxygens (including phenoxy) is 1. The second-order valence-corrected chi connectivity index (χ2v) is 12.1. The van der Waals surface area contributed by atoms with Crippen LogP contribution < -0.4 is 5.32 Å². The number of nitrogens with one attached hydrogen (secondary N) is 1. The average molecular weight is 454 g/mol. The van der Waals surface area contributed by atoms with Crippen LogP contribution in [0.15, 0.2) is 30.3 Å². The molecule has 4 aliphatic carbocycles. The first-order chi connectivity index (χ1) is 15.9. The summed E-state index contributed by atoms with van der Waals surface area (Å²) in [7, 11) is 1.71. The van der Waals surface area contributed by atoms with Crippen molar-refractivity contribution in [3.8, 4) is 0 Å². The van der Waals surface area contributed by atoms with Gasteiger partial charge in [-0.1, -0.05) is 43.7 Å². The second-order valence-electron chi connectivity index (χ2n) is 12.1. The normalized spacial score (nSPS) is 42.5. The first-order valence-corrected chi connectivity index (χ1v) is 13.5. The number of fused-ring (bicyclic) bond motifs is 5. The molecular formula is C29H43NO3. The Bertz CT molecular complexity index is 827. The van der Waals surface area contributed by atoms with Crippen LogP contribution in [0, 0.1) is 40.9 Å². The van der Waals surface area contributed by atoms with Crippen molar-refractivity contribution in [2.24, 2.45) is 40.9 Å². The lowest BCUT2D eigenvalue weighted by atomic mass is 9.45. The third kappa shape index (κ3) is 4.38. The number of carbonyl (C=O) groups excluding carboxylic acids is 1. The summed E-state index contributed by atoms with van der Waals surface area (Å²) in [5.74, 6) is 4.08. The summed E-state index contributed by atoms with van der Waals surface area (Å²) in [5.41, 5.74) is 0.702. The molecule has 8 atom stereocenters. The van der Waals surface area contributed by atoms with Crippen LogP contribution in [0.25, 0.3) is 0 Å². The molecule has 0 aromatic heterocycles. The number of amides is 1. The maximum atomic E-state index is 13.4. The minimum atomic E-state index is -0.612. The van der Waals surface area contributed by atoms with Gasteiger partial charge < -0.3 is 15.2 Å². The van der Waals surface area contributed by atoms with Gasteiger partial charge in [0.2, 0.25) is 5.91 Å². The molecule has 8 unspecified atom stereocenters. The van der Waals surface area contributed by atoms with E-state index in [9.17, 15) is 9.90 Å². The van der Waals surface area contributed by atoms with Gasteiger partial charge in [-0.15, -0.1) is 0 Å². The van der Waals surface area contributed by atoms with Gasteiger partial charge in [0.25, 0.3) is 0 Å². The van der Waals surface area contributed by atoms with E-state index in [4.69, 9.17) is 4.74 Å². The molecule has 0 spiro atoms. The van der Waals surface area contributed by atoms with Crippen molar-refractivity contribution in [1.82, 2.24) is 5.32 Å². The van der Waals surface area contributed by atoms with E-state index in [0.717, 1.165) is 43.4 Å². The molecule has 182 valence electrons. The Balaban J connectivity index is 1.27. The zero-order valence-corrected chi connectivity index (χ0v) is 20.6. The van der Waals surface area contributed by atoms with Crippen molar-refractivity contribution in [3.05, 3.63) is 35.9 Å². The van der Waals surface area contributed by atoms with Crippen molar-refractivity contribution in [1.29, 1.82) is 0 Å². The van der Waals surface area contributed by atoms with E-state index in [1.54, 1.807) is 7.11 Å². The first kappa shape index (κ1) is 23.4. The van der Waals surface area contributed by atoms with Gasteiger partial charge in [-0.25, -0.2) is 0 Å². The number of methoxy groups -OCH3 is 1. The molecule has 1 aromatic rings. The maximum Gasteiger partial charge on any atom is 0.223 e. The molecular weight excluding hydrogens is 410 g/mol. The molecule has 5 rings (SSSR count). The highest BCUT2D eigenvalue weighted by Crippen LogP contribution is 2.63. The van der Waals surface area contributed by atoms with Gasteiger partial charge in [0, 0.05) is 19.6 Å². The summed E-state index contributed by atoms with van der Waals surface area (Å²) in [6.07, 6.45) is 11.5. The first-order valence-electron chi connectivity index (χ1n) is 13.5. The lowest BCUT2D eigenvalue weighted by molar-refractivity contribution is -0.154. The largest absolute Gasteiger partial charge is 0.387 e. The smallest absolute Gasteiger partial charge is 0.223 e. The average Bonchev–Trinajstić information content (AvgIpc) is 2.82. The van der Waals surface area contributed by atoms with Crippen LogP contribution in [0.1, 0.15) is 76.7 Å². The van der Waals surface area contributed by atoms with Crippen LogP contribution in [-0.4, -0.2) is 30.3 Å². The van der Waals surface area contributed by atoms with Crippen molar-refractivity contribution in [2.75, 3.05) is 13.7 Å². The molecule has 1 aromatic carbocycles. The highest BCUT2D eigenvalue weighted by atomic mass is 16.5. The SMILES string of the molecule is COCC1(O)CCC2C(CCC3C2CCC2(C)C(C(=O)NCc4ccccc4)CCCC32)C1. The summed E-state index contributed by atoms with van der Waals surface area (Å²) in [6, 6.07) is 10.3. The predicted octanol–water partition coefficient (Wildman–Crippen LogP) is 5.34. The molecule has 4 fully saturated rings. The number of hydrogen-bond donors (Lipinski definition) is 2. The fraction of sp³-hybridized carbons (Fsp3) is 0.759. The molecule has 2 N–H and O–H groups in total. The van der Waals surface area contributed by atoms with Crippen LogP contribution in [0.5, 0.6) is 0 Å². The quantitative estimate of drug-likeness (QED) is 0.633. The summed E-state index contributed by atoms with van der Waals surface area (Å²) in [6.45, 7) is 3.56. The van der Waals surface area contributed by atoms with Gasteiger partial charge in [0.05, 0.1) is 12.2 Å². The van der Waals surface area contributed by atoms with E-state index in [-0.39, 0.29) is 17.2 Å². The third-order valence-electron chi connectivity index (χ3n) is 10.4. The summed E-state index contributed by atoms with van der Waals surface area (Å²) in [4.78, 5) is 13.4. The molecule has 0 radical (unpaired) electrons. The fourth-order valence-electron chi connectivity index (χ4n) is 8.90. The minimum Gasteiger partial charge on any atom is -0.387 e. The highest BCUT2D eigenvalue weighted by molar-refractivity contribution is 5.79. The zero-order chi connectivity index (χ0) is 23.1. The summed E-state index contributed by atoms with van der Waals surface area (Å²) in [5, 5.41) is 14.3. The van der Waals surface area contributed by atoms with Crippen LogP contribution in [0.2, 0.25) is 0 Å². The summed E-state index contributed by atoms with van der Waals surface area (Å²) < 4.78 is 5.35. The number of rotatable bonds is 5. The molecule has 1 amide bonds. The lowest BCUT2D eigenvalue weighted by Crippen LogP contribution is -2.56. The molecule has 4 aliphatic rings. The van der Waals surface area contributed by atoms with Crippen LogP contribution in [0.4, 0.5) is 0 Å². The van der Waals surface area contributed by atoms with E-state index >= 15 is 0 Å². The van der Waals surface area contributed by atoms with Crippen molar-refractivity contribution in [2.45, 2.75) is 83.3 Å². The van der Waals surface area contributed by atoms with Crippen LogP contribution in [0.3, 0.4) is 0 Å². The number of carbonyl (C=O) groups is 1. The van der Waals surface area contributed by atoms with Crippen molar-refractivity contribution >= 4 is 5.91 Å². The Hall–Kier alpha value is -1.39. The molecule has 0 saturated heterocycles. The lowest BCUT2D eigenvalue weighted by Gasteiger charge is -2.60. The van der Waals surface area contributed by atoms with E-state index in [2.05, 4.69) is 24.4 Å². The van der Waals surface area contributed by atoms with Crippen molar-refractivity contribution in [3.63, 3.8) is 0 Å². The van der Waals surface area contributed by atoms with Crippen LogP contribution in [-0.2, 0) is 16.1 Å². The number of benzene rings is 1. The molecule has 4 heteroatoms. The molecule has 4 saturated carbocycles. The molecule has 33 heavy (non-hydrogen) atoms. The van der Waals surface area contributed by atoms with Gasteiger partial charge in [-0.3, -0.25) is 4.79 Å². The Morgan fingerprint density at radius 3 is 2.61 bits per heavy atom. The van der Waals surface area contributed by atoms with E-state index in [0.29, 0.717) is 25.0 Å². The molecule has 0 bridgehead atoms. The third-order valence-corrected chi connectivity index (χ3v) is 10.4. The maximum absolute atomic E-state index is 13.4. The van der Waals surface area contributed by atoms with Crippen molar-refractivity contribution < 1.29 is 14.6 Å². The van der Waals surface area contributed by atoms with Gasteiger partial charge in [-0.2, -0.15) is 0 Å². The molecule has 0 heterocycles. The fourth-order valence-corrected chi connectivity index (χ4v) is 8.90. The van der Waals surface area contributed by atoms with E-state index < -0.39 is 5.60 Å². The molecule has 0 aliphatic heterocycles. The Kier molecular flexibility index (Phi) is 6.61. The van der Waals surface area contributed by atoms with Crippen LogP contribution >= 0.6 is 0 Å². The van der Waals surface area contributed by atoms with E-state index in [1.807, 2.05) is 18.2 Å². The standard InChI is InChI=1S/C29H43NO3/c1-28-15-13-23-22-14-16-29(32,19-33-2)17-21(22)11-12-24(23)25(28)9-6-10-26(28)27(31)30-18-20-7-4-3-5-8-20/h3-5,7-8,21-26,32H,6,9-19H2,1-2H3,(H,30,31). The Morgan fingerprint density at radius 2 is 1.82 bits per heavy atom. The van der Waals surface area contributed by atoms with Gasteiger partial charge in [0.15, 0.2) is 0 Å².